The first-order valence-corrected chi connectivity index (χ1v) is 6.54. The molecular formula is C16H16ClNO3. The lowest BCUT2D eigenvalue weighted by atomic mass is 10.0. The lowest BCUT2D eigenvalue weighted by Crippen LogP contribution is -2.02. The molecule has 0 aliphatic carbocycles. The van der Waals surface area contributed by atoms with Gasteiger partial charge in [-0.1, -0.05) is 0 Å². The van der Waals surface area contributed by atoms with Gasteiger partial charge in [0.1, 0.15) is 0 Å². The highest BCUT2D eigenvalue weighted by Crippen LogP contribution is 2.31. The Kier molecular flexibility index (Phi) is 4.70. The second kappa shape index (κ2) is 6.50. The highest BCUT2D eigenvalue weighted by atomic mass is 35.5. The van der Waals surface area contributed by atoms with Crippen molar-refractivity contribution in [2.75, 3.05) is 18.9 Å². The van der Waals surface area contributed by atoms with Crippen molar-refractivity contribution < 1.29 is 14.3 Å². The third-order valence-electron chi connectivity index (χ3n) is 3.18. The molecule has 3 rings (SSSR count). The fraction of sp³-hybridized carbons (Fsp3) is 0.188. The van der Waals surface area contributed by atoms with Gasteiger partial charge in [0, 0.05) is 23.2 Å². The molecule has 1 aliphatic heterocycles. The van der Waals surface area contributed by atoms with Crippen LogP contribution in [0, 0.1) is 0 Å². The molecule has 0 spiro atoms. The van der Waals surface area contributed by atoms with Gasteiger partial charge in [-0.3, -0.25) is 4.79 Å². The summed E-state index contributed by atoms with van der Waals surface area (Å²) in [6.45, 7) is 1.24. The molecule has 0 fully saturated rings. The minimum Gasteiger partial charge on any atom is -0.490 e. The highest BCUT2D eigenvalue weighted by molar-refractivity contribution is 6.09. The Morgan fingerprint density at radius 3 is 2.24 bits per heavy atom. The van der Waals surface area contributed by atoms with Gasteiger partial charge in [0.25, 0.3) is 0 Å². The second-order valence-corrected chi connectivity index (χ2v) is 4.66. The molecule has 0 atom stereocenters. The van der Waals surface area contributed by atoms with Crippen LogP contribution >= 0.6 is 12.4 Å². The zero-order chi connectivity index (χ0) is 13.9. The molecule has 0 saturated carbocycles. The molecule has 2 N–H and O–H groups in total. The molecule has 2 aromatic carbocycles. The summed E-state index contributed by atoms with van der Waals surface area (Å²) in [4.78, 5) is 12.4. The molecule has 21 heavy (non-hydrogen) atoms. The van der Waals surface area contributed by atoms with Crippen LogP contribution in [0.25, 0.3) is 0 Å². The van der Waals surface area contributed by atoms with E-state index in [9.17, 15) is 4.79 Å². The van der Waals surface area contributed by atoms with E-state index in [1.165, 1.54) is 0 Å². The Bertz CT molecular complexity index is 640. The van der Waals surface area contributed by atoms with Crippen molar-refractivity contribution in [2.45, 2.75) is 6.42 Å². The minimum absolute atomic E-state index is 0. The zero-order valence-electron chi connectivity index (χ0n) is 11.4. The van der Waals surface area contributed by atoms with E-state index in [-0.39, 0.29) is 18.2 Å². The largest absolute Gasteiger partial charge is 0.490 e. The second-order valence-electron chi connectivity index (χ2n) is 4.66. The number of nitrogen functional groups attached to an aromatic ring is 1. The lowest BCUT2D eigenvalue weighted by molar-refractivity contribution is 0.103. The van der Waals surface area contributed by atoms with Gasteiger partial charge in [0.05, 0.1) is 13.2 Å². The summed E-state index contributed by atoms with van der Waals surface area (Å²) in [5, 5.41) is 0. The third kappa shape index (κ3) is 3.28. The quantitative estimate of drug-likeness (QED) is 0.684. The van der Waals surface area contributed by atoms with Crippen molar-refractivity contribution in [2.24, 2.45) is 0 Å². The van der Waals surface area contributed by atoms with Gasteiger partial charge in [-0.15, -0.1) is 12.4 Å². The van der Waals surface area contributed by atoms with Crippen molar-refractivity contribution in [1.82, 2.24) is 0 Å². The van der Waals surface area contributed by atoms with Crippen LogP contribution in [0.4, 0.5) is 5.69 Å². The van der Waals surface area contributed by atoms with Gasteiger partial charge < -0.3 is 15.2 Å². The maximum Gasteiger partial charge on any atom is 0.193 e. The fourth-order valence-corrected chi connectivity index (χ4v) is 2.11. The predicted molar refractivity (Wildman–Crippen MR) is 83.6 cm³/mol. The monoisotopic (exact) mass is 305 g/mol. The molecule has 0 unspecified atom stereocenters. The number of ketones is 1. The SMILES string of the molecule is Cl.Nc1ccc(C(=O)c2ccc3c(c2)OCCCO3)cc1. The normalized spacial score (nSPS) is 13.0. The van der Waals surface area contributed by atoms with E-state index < -0.39 is 0 Å². The molecular weight excluding hydrogens is 290 g/mol. The first-order chi connectivity index (χ1) is 9.74. The van der Waals surface area contributed by atoms with Crippen molar-refractivity contribution in [3.63, 3.8) is 0 Å². The number of anilines is 1. The summed E-state index contributed by atoms with van der Waals surface area (Å²) in [5.74, 6) is 1.26. The predicted octanol–water partition coefficient (Wildman–Crippen LogP) is 3.08. The number of carbonyl (C=O) groups excluding carboxylic acids is 1. The van der Waals surface area contributed by atoms with E-state index in [1.807, 2.05) is 0 Å². The highest BCUT2D eigenvalue weighted by Gasteiger charge is 2.15. The molecule has 0 bridgehead atoms. The summed E-state index contributed by atoms with van der Waals surface area (Å²) in [5.41, 5.74) is 7.45. The summed E-state index contributed by atoms with van der Waals surface area (Å²) in [6.07, 6.45) is 0.843. The van der Waals surface area contributed by atoms with Crippen LogP contribution in [0.15, 0.2) is 42.5 Å². The molecule has 0 radical (unpaired) electrons. The van der Waals surface area contributed by atoms with Crippen LogP contribution in [0.2, 0.25) is 0 Å². The first kappa shape index (κ1) is 15.2. The number of rotatable bonds is 2. The number of nitrogens with two attached hydrogens (primary N) is 1. The summed E-state index contributed by atoms with van der Waals surface area (Å²) in [7, 11) is 0. The number of hydrogen-bond donors (Lipinski definition) is 1. The number of benzene rings is 2. The fourth-order valence-electron chi connectivity index (χ4n) is 2.11. The van der Waals surface area contributed by atoms with Gasteiger partial charge in [-0.05, 0) is 42.5 Å². The molecule has 110 valence electrons. The molecule has 0 aromatic heterocycles. The molecule has 2 aromatic rings. The molecule has 1 aliphatic rings. The number of carbonyl (C=O) groups is 1. The van der Waals surface area contributed by atoms with E-state index in [0.29, 0.717) is 41.5 Å². The minimum atomic E-state index is -0.0550. The van der Waals surface area contributed by atoms with Crippen LogP contribution in [0.5, 0.6) is 11.5 Å². The van der Waals surface area contributed by atoms with Gasteiger partial charge in [-0.25, -0.2) is 0 Å². The molecule has 0 amide bonds. The Morgan fingerprint density at radius 1 is 0.905 bits per heavy atom. The maximum atomic E-state index is 12.4. The van der Waals surface area contributed by atoms with E-state index >= 15 is 0 Å². The van der Waals surface area contributed by atoms with Gasteiger partial charge in [0.15, 0.2) is 17.3 Å². The Balaban J connectivity index is 0.00000161. The van der Waals surface area contributed by atoms with E-state index in [4.69, 9.17) is 15.2 Å². The summed E-state index contributed by atoms with van der Waals surface area (Å²) >= 11 is 0. The van der Waals surface area contributed by atoms with Gasteiger partial charge >= 0.3 is 0 Å². The maximum absolute atomic E-state index is 12.4. The average molecular weight is 306 g/mol. The Morgan fingerprint density at radius 2 is 1.52 bits per heavy atom. The lowest BCUT2D eigenvalue weighted by Gasteiger charge is -2.09. The number of ether oxygens (including phenoxy) is 2. The summed E-state index contributed by atoms with van der Waals surface area (Å²) in [6, 6.07) is 12.2. The smallest absolute Gasteiger partial charge is 0.193 e. The number of halogens is 1. The first-order valence-electron chi connectivity index (χ1n) is 6.54. The van der Waals surface area contributed by atoms with Crippen molar-refractivity contribution in [3.8, 4) is 11.5 Å². The zero-order valence-corrected chi connectivity index (χ0v) is 12.2. The van der Waals surface area contributed by atoms with Crippen molar-refractivity contribution in [3.05, 3.63) is 53.6 Å². The molecule has 4 nitrogen and oxygen atoms in total. The van der Waals surface area contributed by atoms with Crippen LogP contribution in [-0.2, 0) is 0 Å². The topological polar surface area (TPSA) is 61.6 Å². The van der Waals surface area contributed by atoms with E-state index in [0.717, 1.165) is 6.42 Å². The van der Waals surface area contributed by atoms with Crippen molar-refractivity contribution in [1.29, 1.82) is 0 Å². The average Bonchev–Trinajstić information content (AvgIpc) is 2.71. The third-order valence-corrected chi connectivity index (χ3v) is 3.18. The van der Waals surface area contributed by atoms with Crippen LogP contribution < -0.4 is 15.2 Å². The Labute approximate surface area is 129 Å². The van der Waals surface area contributed by atoms with Gasteiger partial charge in [-0.2, -0.15) is 0 Å². The van der Waals surface area contributed by atoms with Crippen LogP contribution in [0.3, 0.4) is 0 Å². The number of fused-ring (bicyclic) bond motifs is 1. The van der Waals surface area contributed by atoms with E-state index in [2.05, 4.69) is 0 Å². The van der Waals surface area contributed by atoms with Crippen LogP contribution in [-0.4, -0.2) is 19.0 Å². The molecule has 5 heteroatoms. The Hall–Kier alpha value is -2.20. The molecule has 0 saturated heterocycles. The van der Waals surface area contributed by atoms with Crippen molar-refractivity contribution >= 4 is 23.9 Å². The summed E-state index contributed by atoms with van der Waals surface area (Å²) < 4.78 is 11.1. The van der Waals surface area contributed by atoms with E-state index in [1.54, 1.807) is 42.5 Å². The van der Waals surface area contributed by atoms with Crippen LogP contribution in [0.1, 0.15) is 22.3 Å². The van der Waals surface area contributed by atoms with Gasteiger partial charge in [0.2, 0.25) is 0 Å². The number of hydrogen-bond acceptors (Lipinski definition) is 4. The molecule has 1 heterocycles. The standard InChI is InChI=1S/C16H15NO3.ClH/c17-13-5-2-11(3-6-13)16(18)12-4-7-14-15(10-12)20-9-1-8-19-14;/h2-7,10H,1,8-9,17H2;1H.